The molecule has 1 saturated heterocycles. The van der Waals surface area contributed by atoms with Gasteiger partial charge in [0.1, 0.15) is 13.5 Å². The molecular weight excluding hydrogens is 264 g/mol. The number of nitrogens with two attached hydrogens (primary N) is 1. The first kappa shape index (κ1) is 15.3. The molecule has 6 N–H and O–H groups in total. The number of aliphatic hydroxyl groups is 4. The topological polar surface area (TPSA) is 165 Å². The van der Waals surface area contributed by atoms with Gasteiger partial charge in [0.15, 0.2) is 13.5 Å². The van der Waals surface area contributed by atoms with Crippen LogP contribution < -0.4 is 5.73 Å². The van der Waals surface area contributed by atoms with Gasteiger partial charge >= 0.3 is 18.0 Å². The molecule has 1 rings (SSSR count). The van der Waals surface area contributed by atoms with E-state index in [1.807, 2.05) is 0 Å². The molecule has 0 spiro atoms. The van der Waals surface area contributed by atoms with Crippen molar-refractivity contribution in [2.24, 2.45) is 5.73 Å². The van der Waals surface area contributed by atoms with Gasteiger partial charge in [-0.25, -0.2) is 19.4 Å². The highest BCUT2D eigenvalue weighted by Crippen LogP contribution is 2.25. The number of hydrogen-bond donors (Lipinski definition) is 5. The first-order chi connectivity index (χ1) is 8.91. The van der Waals surface area contributed by atoms with E-state index < -0.39 is 55.5 Å². The van der Waals surface area contributed by atoms with E-state index in [2.05, 4.69) is 0 Å². The van der Waals surface area contributed by atoms with E-state index in [0.717, 1.165) is 0 Å². The number of primary amides is 1. The Kier molecular flexibility index (Phi) is 4.39. The van der Waals surface area contributed by atoms with Gasteiger partial charge in [-0.2, -0.15) is 4.48 Å². The van der Waals surface area contributed by atoms with Crippen molar-refractivity contribution in [3.8, 4) is 0 Å². The Hall–Kier alpha value is -1.79. The number of quaternary nitrogens is 1. The largest absolute Gasteiger partial charge is 0.420 e. The van der Waals surface area contributed by atoms with E-state index in [1.54, 1.807) is 0 Å². The predicted molar refractivity (Wildman–Crippen MR) is 56.1 cm³/mol. The maximum Gasteiger partial charge on any atom is 0.420 e. The van der Waals surface area contributed by atoms with Crippen LogP contribution in [0.25, 0.3) is 0 Å². The van der Waals surface area contributed by atoms with Crippen molar-refractivity contribution in [3.63, 3.8) is 0 Å². The van der Waals surface area contributed by atoms with Crippen LogP contribution in [-0.2, 0) is 4.79 Å². The van der Waals surface area contributed by atoms with Gasteiger partial charge in [0.2, 0.25) is 0 Å². The van der Waals surface area contributed by atoms with Crippen LogP contribution in [0, 0.1) is 0 Å². The minimum absolute atomic E-state index is 0.349. The second kappa shape index (κ2) is 5.46. The van der Waals surface area contributed by atoms with Crippen molar-refractivity contribution in [1.29, 1.82) is 0 Å². The first-order valence-corrected chi connectivity index (χ1v) is 5.13. The molecule has 0 aromatic heterocycles. The molecule has 0 aromatic rings. The molecular formula is C8H15N4O7+. The van der Waals surface area contributed by atoms with E-state index in [-0.39, 0.29) is 0 Å². The van der Waals surface area contributed by atoms with Crippen LogP contribution in [0.4, 0.5) is 9.59 Å². The van der Waals surface area contributed by atoms with Crippen LogP contribution in [-0.4, -0.2) is 85.8 Å². The van der Waals surface area contributed by atoms with Gasteiger partial charge in [-0.05, 0) is 0 Å². The normalized spacial score (nSPS) is 20.3. The quantitative estimate of drug-likeness (QED) is 0.196. The SMILES string of the molecule is NC(=O)[N+](CO)(CO)C1C(=O)N(CO)C(=O)N1CO. The summed E-state index contributed by atoms with van der Waals surface area (Å²) in [6.45, 7) is -4.06. The Labute approximate surface area is 107 Å². The van der Waals surface area contributed by atoms with Crippen molar-refractivity contribution < 1.29 is 39.3 Å². The van der Waals surface area contributed by atoms with Gasteiger partial charge in [-0.3, -0.25) is 4.79 Å². The minimum atomic E-state index is -1.74. The number of hydrogen-bond acceptors (Lipinski definition) is 7. The smallest absolute Gasteiger partial charge is 0.376 e. The minimum Gasteiger partial charge on any atom is -0.376 e. The van der Waals surface area contributed by atoms with Crippen molar-refractivity contribution >= 4 is 18.0 Å². The summed E-state index contributed by atoms with van der Waals surface area (Å²) in [5.41, 5.74) is 5.04. The number of amides is 5. The van der Waals surface area contributed by atoms with Crippen LogP contribution >= 0.6 is 0 Å². The molecule has 0 saturated carbocycles. The van der Waals surface area contributed by atoms with Crippen LogP contribution in [0.3, 0.4) is 0 Å². The molecule has 1 fully saturated rings. The molecule has 5 amide bonds. The predicted octanol–water partition coefficient (Wildman–Crippen LogP) is -3.73. The lowest BCUT2D eigenvalue weighted by Gasteiger charge is -2.36. The maximum absolute atomic E-state index is 11.9. The van der Waals surface area contributed by atoms with Crippen LogP contribution in [0.1, 0.15) is 0 Å². The monoisotopic (exact) mass is 279 g/mol. The Morgan fingerprint density at radius 3 is 2.00 bits per heavy atom. The summed E-state index contributed by atoms with van der Waals surface area (Å²) in [5, 5.41) is 36.5. The Balaban J connectivity index is 3.32. The average Bonchev–Trinajstić information content (AvgIpc) is 2.63. The van der Waals surface area contributed by atoms with E-state index >= 15 is 0 Å². The number of carbonyl (C=O) groups is 3. The van der Waals surface area contributed by atoms with E-state index in [1.165, 1.54) is 0 Å². The number of rotatable bonds is 5. The fourth-order valence-corrected chi connectivity index (χ4v) is 1.83. The molecule has 11 heteroatoms. The standard InChI is InChI=1S/C8H14N4O7/c9-7(18)12(3-15,4-16)5-6(17)11(2-14)8(19)10(5)1-13/h5,13-16H,1-4H2,(H-,9,18)/p+1. The second-order valence-corrected chi connectivity index (χ2v) is 3.83. The molecule has 19 heavy (non-hydrogen) atoms. The highest BCUT2D eigenvalue weighted by Gasteiger charge is 2.59. The molecule has 1 heterocycles. The zero-order valence-corrected chi connectivity index (χ0v) is 9.84. The summed E-state index contributed by atoms with van der Waals surface area (Å²) >= 11 is 0. The van der Waals surface area contributed by atoms with Crippen molar-refractivity contribution in [1.82, 2.24) is 9.80 Å². The number of imide groups is 1. The first-order valence-electron chi connectivity index (χ1n) is 5.13. The van der Waals surface area contributed by atoms with Gasteiger partial charge in [-0.1, -0.05) is 0 Å². The number of aliphatic hydroxyl groups excluding tert-OH is 4. The average molecular weight is 279 g/mol. The van der Waals surface area contributed by atoms with Crippen molar-refractivity contribution in [3.05, 3.63) is 0 Å². The number of nitrogens with zero attached hydrogens (tertiary/aromatic N) is 3. The lowest BCUT2D eigenvalue weighted by molar-refractivity contribution is -0.910. The van der Waals surface area contributed by atoms with Crippen LogP contribution in [0.5, 0.6) is 0 Å². The van der Waals surface area contributed by atoms with Crippen molar-refractivity contribution in [2.45, 2.75) is 6.17 Å². The zero-order chi connectivity index (χ0) is 14.8. The summed E-state index contributed by atoms with van der Waals surface area (Å²) < 4.78 is -1.37. The second-order valence-electron chi connectivity index (χ2n) is 3.83. The molecule has 0 radical (unpaired) electrons. The van der Waals surface area contributed by atoms with Crippen LogP contribution in [0.2, 0.25) is 0 Å². The van der Waals surface area contributed by atoms with Gasteiger partial charge in [-0.15, -0.1) is 0 Å². The summed E-state index contributed by atoms with van der Waals surface area (Å²) in [5.74, 6) is -1.07. The molecule has 0 bridgehead atoms. The number of urea groups is 2. The highest BCUT2D eigenvalue weighted by molar-refractivity contribution is 6.03. The van der Waals surface area contributed by atoms with Gasteiger partial charge < -0.3 is 26.2 Å². The lowest BCUT2D eigenvalue weighted by atomic mass is 10.3. The van der Waals surface area contributed by atoms with Gasteiger partial charge in [0, 0.05) is 0 Å². The highest BCUT2D eigenvalue weighted by atomic mass is 16.3. The Morgan fingerprint density at radius 2 is 1.68 bits per heavy atom. The fourth-order valence-electron chi connectivity index (χ4n) is 1.83. The maximum atomic E-state index is 11.9. The molecule has 0 aromatic carbocycles. The molecule has 1 aliphatic rings. The summed E-state index contributed by atoms with van der Waals surface area (Å²) in [7, 11) is 0. The van der Waals surface area contributed by atoms with E-state index in [0.29, 0.717) is 9.80 Å². The van der Waals surface area contributed by atoms with E-state index in [9.17, 15) is 24.6 Å². The summed E-state index contributed by atoms with van der Waals surface area (Å²) in [4.78, 5) is 35.9. The van der Waals surface area contributed by atoms with Crippen LogP contribution in [0.15, 0.2) is 0 Å². The third-order valence-electron chi connectivity index (χ3n) is 2.96. The molecule has 108 valence electrons. The molecule has 1 atom stereocenters. The van der Waals surface area contributed by atoms with E-state index in [4.69, 9.17) is 15.9 Å². The third-order valence-corrected chi connectivity index (χ3v) is 2.96. The molecule has 1 aliphatic heterocycles. The molecule has 11 nitrogen and oxygen atoms in total. The molecule has 1 unspecified atom stereocenters. The van der Waals surface area contributed by atoms with Gasteiger partial charge in [0.25, 0.3) is 6.17 Å². The Bertz CT molecular complexity index is 397. The molecule has 0 aliphatic carbocycles. The summed E-state index contributed by atoms with van der Waals surface area (Å²) in [6, 6.07) is -2.33. The fraction of sp³-hybridized carbons (Fsp3) is 0.625. The third kappa shape index (κ3) is 2.02. The number of carbonyl (C=O) groups excluding carboxylic acids is 3. The van der Waals surface area contributed by atoms with Gasteiger partial charge in [0.05, 0.1) is 0 Å². The summed E-state index contributed by atoms with van der Waals surface area (Å²) in [6.07, 6.45) is -1.74. The van der Waals surface area contributed by atoms with Crippen molar-refractivity contribution in [2.75, 3.05) is 26.9 Å². The zero-order valence-electron chi connectivity index (χ0n) is 9.84. The Morgan fingerprint density at radius 1 is 1.16 bits per heavy atom. The lowest BCUT2D eigenvalue weighted by Crippen LogP contribution is -2.68.